The summed E-state index contributed by atoms with van der Waals surface area (Å²) in [7, 11) is 0. The van der Waals surface area contributed by atoms with E-state index in [4.69, 9.17) is 17.3 Å². The van der Waals surface area contributed by atoms with E-state index in [1.54, 1.807) is 0 Å². The van der Waals surface area contributed by atoms with E-state index in [9.17, 15) is 13.2 Å². The number of alkyl halides is 3. The lowest BCUT2D eigenvalue weighted by molar-refractivity contribution is -0.137. The van der Waals surface area contributed by atoms with Crippen LogP contribution in [0.1, 0.15) is 29.5 Å². The Morgan fingerprint density at radius 1 is 0.872 bits per heavy atom. The number of aromatic amines is 1. The van der Waals surface area contributed by atoms with Gasteiger partial charge >= 0.3 is 6.18 Å². The summed E-state index contributed by atoms with van der Waals surface area (Å²) in [5.74, 6) is -0.00832. The quantitative estimate of drug-likeness (QED) is 0.191. The van der Waals surface area contributed by atoms with Crippen LogP contribution in [0.2, 0.25) is 5.02 Å². The maximum Gasteiger partial charge on any atom is 0.416 e. The van der Waals surface area contributed by atoms with Crippen LogP contribution in [0.15, 0.2) is 103 Å². The van der Waals surface area contributed by atoms with Crippen LogP contribution in [0.4, 0.5) is 18.9 Å². The predicted molar refractivity (Wildman–Crippen MR) is 154 cm³/mol. The molecule has 7 heteroatoms. The molecule has 0 spiro atoms. The first-order valence-corrected chi connectivity index (χ1v) is 13.2. The first-order chi connectivity index (χ1) is 18.7. The molecule has 200 valence electrons. The van der Waals surface area contributed by atoms with E-state index in [0.717, 1.165) is 51.1 Å². The van der Waals surface area contributed by atoms with Crippen molar-refractivity contribution in [1.82, 2.24) is 4.98 Å². The lowest BCUT2D eigenvalue weighted by Gasteiger charge is -2.35. The van der Waals surface area contributed by atoms with Crippen molar-refractivity contribution in [2.24, 2.45) is 5.73 Å². The number of para-hydroxylation sites is 1. The third-order valence-electron chi connectivity index (χ3n) is 7.22. The summed E-state index contributed by atoms with van der Waals surface area (Å²) in [6.45, 7) is 2.59. The molecule has 0 aliphatic heterocycles. The SMILES string of the molecule is CC(c1ccccc1)C(N)N(CCc1ccc(C(F)(F)F)cc1)c1ccc(Cl)c(-c2cc3ccccc3[nH]2)c1. The zero-order valence-electron chi connectivity index (χ0n) is 21.4. The summed E-state index contributed by atoms with van der Waals surface area (Å²) in [6.07, 6.45) is -4.23. The van der Waals surface area contributed by atoms with Crippen LogP contribution in [0.3, 0.4) is 0 Å². The van der Waals surface area contributed by atoms with Gasteiger partial charge in [0.2, 0.25) is 0 Å². The first kappa shape index (κ1) is 26.9. The fraction of sp³-hybridized carbons (Fsp3) is 0.188. The monoisotopic (exact) mass is 547 g/mol. The minimum Gasteiger partial charge on any atom is -0.355 e. The Morgan fingerprint density at radius 2 is 1.56 bits per heavy atom. The molecule has 4 aromatic carbocycles. The third kappa shape index (κ3) is 5.97. The number of nitrogens with one attached hydrogen (secondary N) is 1. The minimum absolute atomic E-state index is 0.00832. The molecule has 0 amide bonds. The predicted octanol–water partition coefficient (Wildman–Crippen LogP) is 8.64. The van der Waals surface area contributed by atoms with E-state index in [1.807, 2.05) is 60.7 Å². The lowest BCUT2D eigenvalue weighted by atomic mass is 9.96. The van der Waals surface area contributed by atoms with Gasteiger partial charge < -0.3 is 15.6 Å². The van der Waals surface area contributed by atoms with Gasteiger partial charge in [-0.1, -0.05) is 79.2 Å². The lowest BCUT2D eigenvalue weighted by Crippen LogP contribution is -2.46. The smallest absolute Gasteiger partial charge is 0.355 e. The van der Waals surface area contributed by atoms with Crippen LogP contribution >= 0.6 is 11.6 Å². The van der Waals surface area contributed by atoms with Crippen molar-refractivity contribution in [2.45, 2.75) is 31.6 Å². The number of halogens is 4. The number of hydrogen-bond donors (Lipinski definition) is 2. The van der Waals surface area contributed by atoms with E-state index < -0.39 is 17.9 Å². The van der Waals surface area contributed by atoms with Crippen molar-refractivity contribution in [3.05, 3.63) is 125 Å². The van der Waals surface area contributed by atoms with Gasteiger partial charge in [-0.05, 0) is 60.0 Å². The highest BCUT2D eigenvalue weighted by molar-refractivity contribution is 6.33. The van der Waals surface area contributed by atoms with E-state index in [0.29, 0.717) is 18.0 Å². The number of nitrogens with zero attached hydrogens (tertiary/aromatic N) is 1. The van der Waals surface area contributed by atoms with E-state index in [-0.39, 0.29) is 5.92 Å². The van der Waals surface area contributed by atoms with Crippen LogP contribution < -0.4 is 10.6 Å². The number of H-pyrrole nitrogens is 1. The van der Waals surface area contributed by atoms with E-state index in [1.165, 1.54) is 12.1 Å². The molecule has 0 bridgehead atoms. The molecule has 1 aromatic heterocycles. The first-order valence-electron chi connectivity index (χ1n) is 12.8. The number of benzene rings is 4. The summed E-state index contributed by atoms with van der Waals surface area (Å²) in [4.78, 5) is 5.55. The van der Waals surface area contributed by atoms with Gasteiger partial charge in [0.1, 0.15) is 0 Å². The standard InChI is InChI=1S/C32H29ClF3N3/c1-21(23-7-3-2-4-8-23)31(37)39(18-17-22-11-13-25(14-12-22)32(34,35)36)26-15-16-28(33)27(20-26)30-19-24-9-5-6-10-29(24)38-30/h2-16,19-21,31,38H,17-18,37H2,1H3. The summed E-state index contributed by atoms with van der Waals surface area (Å²) in [5.41, 5.74) is 11.8. The highest BCUT2D eigenvalue weighted by atomic mass is 35.5. The molecule has 0 aliphatic rings. The number of aromatic nitrogens is 1. The number of fused-ring (bicyclic) bond motifs is 1. The second-order valence-electron chi connectivity index (χ2n) is 9.76. The molecule has 3 nitrogen and oxygen atoms in total. The summed E-state index contributed by atoms with van der Waals surface area (Å²) < 4.78 is 39.2. The molecule has 0 saturated carbocycles. The Labute approximate surface area is 231 Å². The maximum atomic E-state index is 13.1. The van der Waals surface area contributed by atoms with Crippen molar-refractivity contribution < 1.29 is 13.2 Å². The fourth-order valence-corrected chi connectivity index (χ4v) is 5.12. The second-order valence-corrected chi connectivity index (χ2v) is 10.2. The third-order valence-corrected chi connectivity index (χ3v) is 7.55. The average molecular weight is 548 g/mol. The number of anilines is 1. The van der Waals surface area contributed by atoms with Crippen LogP contribution in [0.5, 0.6) is 0 Å². The Bertz CT molecular complexity index is 1510. The van der Waals surface area contributed by atoms with E-state index >= 15 is 0 Å². The van der Waals surface area contributed by atoms with Gasteiger partial charge in [0.25, 0.3) is 0 Å². The molecule has 2 atom stereocenters. The maximum absolute atomic E-state index is 13.1. The normalized spacial score (nSPS) is 13.4. The number of hydrogen-bond acceptors (Lipinski definition) is 2. The zero-order valence-corrected chi connectivity index (χ0v) is 22.2. The van der Waals surface area contributed by atoms with Crippen LogP contribution in [-0.4, -0.2) is 17.7 Å². The van der Waals surface area contributed by atoms with Crippen LogP contribution in [0, 0.1) is 0 Å². The molecule has 0 aliphatic carbocycles. The minimum atomic E-state index is -4.36. The van der Waals surface area contributed by atoms with Crippen LogP contribution in [-0.2, 0) is 12.6 Å². The van der Waals surface area contributed by atoms with Crippen LogP contribution in [0.25, 0.3) is 22.2 Å². The Kier molecular flexibility index (Phi) is 7.69. The molecule has 0 fully saturated rings. The van der Waals surface area contributed by atoms with Gasteiger partial charge in [-0.25, -0.2) is 0 Å². The zero-order chi connectivity index (χ0) is 27.6. The Hall–Kier alpha value is -3.74. The fourth-order valence-electron chi connectivity index (χ4n) is 4.90. The van der Waals surface area contributed by atoms with Crippen molar-refractivity contribution >= 4 is 28.2 Å². The summed E-state index contributed by atoms with van der Waals surface area (Å²) >= 11 is 6.66. The van der Waals surface area contributed by atoms with E-state index in [2.05, 4.69) is 35.0 Å². The molecule has 0 saturated heterocycles. The molecule has 5 aromatic rings. The van der Waals surface area contributed by atoms with Crippen molar-refractivity contribution in [1.29, 1.82) is 0 Å². The molecule has 39 heavy (non-hydrogen) atoms. The average Bonchev–Trinajstić information content (AvgIpc) is 3.38. The van der Waals surface area contributed by atoms with Gasteiger partial charge in [0.15, 0.2) is 0 Å². The molecular formula is C32H29ClF3N3. The Balaban J connectivity index is 1.48. The van der Waals surface area contributed by atoms with Gasteiger partial charge in [0, 0.05) is 40.3 Å². The highest BCUT2D eigenvalue weighted by Crippen LogP contribution is 2.35. The number of nitrogens with two attached hydrogens (primary N) is 1. The van der Waals surface area contributed by atoms with Gasteiger partial charge in [-0.2, -0.15) is 13.2 Å². The summed E-state index contributed by atoms with van der Waals surface area (Å²) in [5, 5.41) is 1.69. The molecular weight excluding hydrogens is 519 g/mol. The molecule has 3 N–H and O–H groups in total. The molecule has 0 radical (unpaired) electrons. The topological polar surface area (TPSA) is 45.0 Å². The second kappa shape index (κ2) is 11.2. The molecule has 1 heterocycles. The van der Waals surface area contributed by atoms with Gasteiger partial charge in [0.05, 0.1) is 16.8 Å². The largest absolute Gasteiger partial charge is 0.416 e. The Morgan fingerprint density at radius 3 is 2.26 bits per heavy atom. The molecule has 5 rings (SSSR count). The van der Waals surface area contributed by atoms with Crippen molar-refractivity contribution in [3.63, 3.8) is 0 Å². The number of rotatable bonds is 8. The van der Waals surface area contributed by atoms with Crippen molar-refractivity contribution in [3.8, 4) is 11.3 Å². The van der Waals surface area contributed by atoms with Crippen molar-refractivity contribution in [2.75, 3.05) is 11.4 Å². The highest BCUT2D eigenvalue weighted by Gasteiger charge is 2.30. The molecule has 2 unspecified atom stereocenters. The van der Waals surface area contributed by atoms with Gasteiger partial charge in [-0.15, -0.1) is 0 Å². The van der Waals surface area contributed by atoms with Gasteiger partial charge in [-0.3, -0.25) is 0 Å². The summed E-state index contributed by atoms with van der Waals surface area (Å²) in [6, 6.07) is 31.3.